The summed E-state index contributed by atoms with van der Waals surface area (Å²) in [6, 6.07) is 8.91. The molecule has 1 aliphatic heterocycles. The van der Waals surface area contributed by atoms with Crippen molar-refractivity contribution in [3.8, 4) is 17.2 Å². The minimum absolute atomic E-state index is 0.0380. The fourth-order valence-corrected chi connectivity index (χ4v) is 2.66. The van der Waals surface area contributed by atoms with Crippen LogP contribution in [0.3, 0.4) is 0 Å². The number of halogens is 3. The van der Waals surface area contributed by atoms with Crippen molar-refractivity contribution in [3.05, 3.63) is 58.7 Å². The van der Waals surface area contributed by atoms with Gasteiger partial charge in [0.1, 0.15) is 36.7 Å². The first-order valence-corrected chi connectivity index (χ1v) is 8.29. The first kappa shape index (κ1) is 18.8. The molecule has 0 aromatic heterocycles. The van der Waals surface area contributed by atoms with Crippen molar-refractivity contribution in [2.24, 2.45) is 0 Å². The second-order valence-corrected chi connectivity index (χ2v) is 5.88. The van der Waals surface area contributed by atoms with Crippen molar-refractivity contribution >= 4 is 12.4 Å². The zero-order valence-electron chi connectivity index (χ0n) is 14.5. The van der Waals surface area contributed by atoms with Gasteiger partial charge in [-0.2, -0.15) is 13.2 Å². The van der Waals surface area contributed by atoms with Crippen molar-refractivity contribution in [1.29, 1.82) is 0 Å². The van der Waals surface area contributed by atoms with Gasteiger partial charge in [-0.25, -0.2) is 0 Å². The van der Waals surface area contributed by atoms with Gasteiger partial charge in [0, 0.05) is 17.2 Å². The highest BCUT2D eigenvalue weighted by atomic mass is 19.4. The van der Waals surface area contributed by atoms with Crippen molar-refractivity contribution in [3.63, 3.8) is 0 Å². The maximum atomic E-state index is 13.2. The molecule has 0 saturated carbocycles. The third-order valence-electron chi connectivity index (χ3n) is 3.93. The van der Waals surface area contributed by atoms with Crippen LogP contribution in [0.1, 0.15) is 23.6 Å². The number of hydrogen-bond acceptors (Lipinski definition) is 4. The average molecular weight is 378 g/mol. The van der Waals surface area contributed by atoms with Crippen LogP contribution in [0.25, 0.3) is 6.08 Å². The van der Waals surface area contributed by atoms with E-state index in [0.29, 0.717) is 22.6 Å². The maximum Gasteiger partial charge on any atom is 0.419 e. The van der Waals surface area contributed by atoms with E-state index in [1.807, 2.05) is 0 Å². The smallest absolute Gasteiger partial charge is 0.419 e. The van der Waals surface area contributed by atoms with Crippen LogP contribution in [-0.2, 0) is 17.6 Å². The Morgan fingerprint density at radius 2 is 1.96 bits per heavy atom. The Bertz CT molecular complexity index is 872. The van der Waals surface area contributed by atoms with Gasteiger partial charge in [-0.3, -0.25) is 4.79 Å². The molecular formula is C20H17F3O4. The van der Waals surface area contributed by atoms with E-state index in [9.17, 15) is 18.0 Å². The van der Waals surface area contributed by atoms with E-state index >= 15 is 0 Å². The Morgan fingerprint density at radius 3 is 2.67 bits per heavy atom. The van der Waals surface area contributed by atoms with Crippen LogP contribution in [0.2, 0.25) is 0 Å². The summed E-state index contributed by atoms with van der Waals surface area (Å²) >= 11 is 0. The fraction of sp³-hybridized carbons (Fsp3) is 0.250. The molecule has 0 N–H and O–H groups in total. The van der Waals surface area contributed by atoms with E-state index in [2.05, 4.69) is 0 Å². The monoisotopic (exact) mass is 378 g/mol. The Kier molecular flexibility index (Phi) is 5.39. The Balaban J connectivity index is 1.75. The molecule has 4 nitrogen and oxygen atoms in total. The van der Waals surface area contributed by atoms with Crippen LogP contribution in [-0.4, -0.2) is 19.5 Å². The summed E-state index contributed by atoms with van der Waals surface area (Å²) < 4.78 is 55.7. The van der Waals surface area contributed by atoms with Gasteiger partial charge >= 0.3 is 6.18 Å². The van der Waals surface area contributed by atoms with Crippen molar-refractivity contribution < 1.29 is 32.2 Å². The molecule has 0 radical (unpaired) electrons. The average Bonchev–Trinajstić information content (AvgIpc) is 2.66. The zero-order chi connectivity index (χ0) is 19.4. The van der Waals surface area contributed by atoms with Gasteiger partial charge in [-0.1, -0.05) is 6.07 Å². The lowest BCUT2D eigenvalue weighted by atomic mass is 10.1. The lowest BCUT2D eigenvalue weighted by Crippen LogP contribution is -2.10. The number of rotatable bonds is 6. The molecular weight excluding hydrogens is 361 g/mol. The molecule has 0 unspecified atom stereocenters. The Hall–Kier alpha value is -2.96. The van der Waals surface area contributed by atoms with Crippen molar-refractivity contribution in [1.82, 2.24) is 0 Å². The van der Waals surface area contributed by atoms with Gasteiger partial charge in [-0.15, -0.1) is 0 Å². The summed E-state index contributed by atoms with van der Waals surface area (Å²) in [5, 5.41) is 0. The first-order chi connectivity index (χ1) is 12.9. The molecule has 0 atom stereocenters. The summed E-state index contributed by atoms with van der Waals surface area (Å²) in [4.78, 5) is 10.8. The number of carbonyl (C=O) groups excluding carboxylic acids is 1. The number of aldehydes is 1. The summed E-state index contributed by atoms with van der Waals surface area (Å²) in [6.07, 6.45) is -2.06. The van der Waals surface area contributed by atoms with Gasteiger partial charge in [0.05, 0.1) is 12.2 Å². The Morgan fingerprint density at radius 1 is 1.15 bits per heavy atom. The van der Waals surface area contributed by atoms with E-state index in [4.69, 9.17) is 14.2 Å². The molecule has 2 aromatic carbocycles. The van der Waals surface area contributed by atoms with E-state index in [1.165, 1.54) is 12.1 Å². The largest absolute Gasteiger partial charge is 0.493 e. The SMILES string of the molecule is CCOc1ccc(COc2ccc3c(c2)OCC(C=O)=C3)cc1C(F)(F)F. The standard InChI is InChI=1S/C20H17F3O4/c1-2-25-18-6-3-13(8-17(18)20(21,22)23)11-26-16-5-4-15-7-14(10-24)12-27-19(15)9-16/h3-10H,2,11-12H2,1H3. The Labute approximate surface area is 154 Å². The molecule has 0 fully saturated rings. The summed E-state index contributed by atoms with van der Waals surface area (Å²) in [7, 11) is 0. The lowest BCUT2D eigenvalue weighted by Gasteiger charge is -2.17. The number of benzene rings is 2. The molecule has 1 heterocycles. The van der Waals surface area contributed by atoms with Gasteiger partial charge in [0.15, 0.2) is 0 Å². The van der Waals surface area contributed by atoms with Gasteiger partial charge < -0.3 is 14.2 Å². The molecule has 0 amide bonds. The van der Waals surface area contributed by atoms with Crippen molar-refractivity contribution in [2.45, 2.75) is 19.7 Å². The zero-order valence-corrected chi connectivity index (χ0v) is 14.5. The fourth-order valence-electron chi connectivity index (χ4n) is 2.66. The molecule has 3 rings (SSSR count). The minimum Gasteiger partial charge on any atom is -0.493 e. The molecule has 142 valence electrons. The van der Waals surface area contributed by atoms with Crippen LogP contribution in [0.5, 0.6) is 17.2 Å². The molecule has 1 aliphatic rings. The molecule has 0 aliphatic carbocycles. The summed E-state index contributed by atoms with van der Waals surface area (Å²) in [5.41, 5.74) is 0.819. The van der Waals surface area contributed by atoms with Crippen molar-refractivity contribution in [2.75, 3.05) is 13.2 Å². The topological polar surface area (TPSA) is 44.8 Å². The van der Waals surface area contributed by atoms with Crippen LogP contribution < -0.4 is 14.2 Å². The van der Waals surface area contributed by atoms with Crippen LogP contribution in [0.4, 0.5) is 13.2 Å². The highest BCUT2D eigenvalue weighted by Gasteiger charge is 2.34. The lowest BCUT2D eigenvalue weighted by molar-refractivity contribution is -0.139. The highest BCUT2D eigenvalue weighted by molar-refractivity contribution is 5.84. The number of ether oxygens (including phenoxy) is 3. The maximum absolute atomic E-state index is 13.2. The quantitative estimate of drug-likeness (QED) is 0.686. The minimum atomic E-state index is -4.51. The van der Waals surface area contributed by atoms with Crippen LogP contribution in [0, 0.1) is 0 Å². The predicted molar refractivity (Wildman–Crippen MR) is 92.9 cm³/mol. The number of alkyl halides is 3. The van der Waals surface area contributed by atoms with Crippen LogP contribution >= 0.6 is 0 Å². The molecule has 0 bridgehead atoms. The second-order valence-electron chi connectivity index (χ2n) is 5.88. The normalized spacial score (nSPS) is 13.3. The van der Waals surface area contributed by atoms with E-state index < -0.39 is 11.7 Å². The summed E-state index contributed by atoms with van der Waals surface area (Å²) in [6.45, 7) is 1.91. The molecule has 0 saturated heterocycles. The first-order valence-electron chi connectivity index (χ1n) is 8.29. The van der Waals surface area contributed by atoms with E-state index in [0.717, 1.165) is 17.9 Å². The molecule has 2 aromatic rings. The summed E-state index contributed by atoms with van der Waals surface area (Å²) in [5.74, 6) is 0.814. The van der Waals surface area contributed by atoms with Gasteiger partial charge in [-0.05, 0) is 42.8 Å². The van der Waals surface area contributed by atoms with Gasteiger partial charge in [0.25, 0.3) is 0 Å². The number of carbonyl (C=O) groups is 1. The van der Waals surface area contributed by atoms with E-state index in [1.54, 1.807) is 31.2 Å². The van der Waals surface area contributed by atoms with E-state index in [-0.39, 0.29) is 25.6 Å². The molecule has 7 heteroatoms. The second kappa shape index (κ2) is 7.73. The van der Waals surface area contributed by atoms with Crippen LogP contribution in [0.15, 0.2) is 42.0 Å². The third kappa shape index (κ3) is 4.42. The van der Waals surface area contributed by atoms with Gasteiger partial charge in [0.2, 0.25) is 0 Å². The predicted octanol–water partition coefficient (Wildman–Crippen LogP) is 4.66. The third-order valence-corrected chi connectivity index (χ3v) is 3.93. The molecule has 27 heavy (non-hydrogen) atoms. The highest BCUT2D eigenvalue weighted by Crippen LogP contribution is 2.37. The molecule has 0 spiro atoms. The number of hydrogen-bond donors (Lipinski definition) is 0. The number of fused-ring (bicyclic) bond motifs is 1.